The number of carboxylic acid groups (broad SMARTS) is 1. The van der Waals surface area contributed by atoms with Gasteiger partial charge in [-0.25, -0.2) is 4.79 Å². The third-order valence-electron chi connectivity index (χ3n) is 6.55. The van der Waals surface area contributed by atoms with E-state index >= 15 is 0 Å². The van der Waals surface area contributed by atoms with Gasteiger partial charge in [0.1, 0.15) is 23.6 Å². The van der Waals surface area contributed by atoms with E-state index in [9.17, 15) is 9.90 Å². The highest BCUT2D eigenvalue weighted by atomic mass is 35.5. The van der Waals surface area contributed by atoms with Crippen LogP contribution in [0.1, 0.15) is 17.8 Å². The van der Waals surface area contributed by atoms with Crippen LogP contribution in [-0.4, -0.2) is 31.2 Å². The number of allylic oxidation sites excluding steroid dienone is 3. The minimum atomic E-state index is -0.797. The second-order valence-electron chi connectivity index (χ2n) is 8.63. The summed E-state index contributed by atoms with van der Waals surface area (Å²) in [6, 6.07) is 9.36. The molecule has 0 amide bonds. The van der Waals surface area contributed by atoms with Crippen LogP contribution in [0.4, 0.5) is 17.1 Å². The fraction of sp³-hybridized carbons (Fsp3) is 0.231. The van der Waals surface area contributed by atoms with Crippen molar-refractivity contribution in [3.8, 4) is 0 Å². The zero-order chi connectivity index (χ0) is 24.9. The smallest absolute Gasteiger partial charge is 0.326 e. The number of rotatable bonds is 4. The standard InChI is InChI=1S/C26H24Cl2N4O2S/c1-29-20-14-17(27)18(28)15-21(20)30(2)24(29)8-6-9-25-31(3)22-13-16(10-11-23(22)35-25)32-12-5-4-7-19(32)26(33)34/h5-6,8-15,19H,4,7H2,1-3H3/p+1. The second-order valence-corrected chi connectivity index (χ2v) is 10.5. The molecule has 0 saturated carbocycles. The average molecular weight is 528 g/mol. The predicted octanol–water partition coefficient (Wildman–Crippen LogP) is 6.04. The van der Waals surface area contributed by atoms with Crippen LogP contribution in [0.25, 0.3) is 16.3 Å². The number of halogens is 2. The molecule has 3 heterocycles. The maximum absolute atomic E-state index is 11.7. The molecule has 9 heteroatoms. The van der Waals surface area contributed by atoms with Gasteiger partial charge >= 0.3 is 5.97 Å². The number of carbonyl (C=O) groups is 1. The lowest BCUT2D eigenvalue weighted by molar-refractivity contribution is -0.642. The van der Waals surface area contributed by atoms with Gasteiger partial charge < -0.3 is 19.8 Å². The van der Waals surface area contributed by atoms with E-state index in [-0.39, 0.29) is 0 Å². The van der Waals surface area contributed by atoms with Gasteiger partial charge in [0.15, 0.2) is 0 Å². The number of aryl methyl sites for hydroxylation is 1. The topological polar surface area (TPSA) is 50.9 Å². The number of carboxylic acids is 1. The lowest BCUT2D eigenvalue weighted by Gasteiger charge is -2.30. The van der Waals surface area contributed by atoms with Crippen molar-refractivity contribution in [3.05, 3.63) is 75.6 Å². The molecule has 180 valence electrons. The molecular formula is C26H25Cl2N4O2S+. The van der Waals surface area contributed by atoms with E-state index in [0.29, 0.717) is 16.5 Å². The summed E-state index contributed by atoms with van der Waals surface area (Å²) < 4.78 is 3.28. The van der Waals surface area contributed by atoms with Gasteiger partial charge in [0.25, 0.3) is 5.01 Å². The number of hydrogen-bond donors (Lipinski definition) is 1. The van der Waals surface area contributed by atoms with Crippen molar-refractivity contribution in [1.29, 1.82) is 0 Å². The van der Waals surface area contributed by atoms with Crippen LogP contribution in [0.2, 0.25) is 10.0 Å². The molecule has 35 heavy (non-hydrogen) atoms. The summed E-state index contributed by atoms with van der Waals surface area (Å²) in [6.45, 7) is 0. The van der Waals surface area contributed by atoms with Crippen LogP contribution in [0, 0.1) is 0 Å². The summed E-state index contributed by atoms with van der Waals surface area (Å²) in [6.07, 6.45) is 11.5. The number of fused-ring (bicyclic) bond motifs is 2. The van der Waals surface area contributed by atoms with Crippen molar-refractivity contribution >= 4 is 73.9 Å². The first-order valence-electron chi connectivity index (χ1n) is 11.2. The van der Waals surface area contributed by atoms with Crippen LogP contribution in [0.3, 0.4) is 0 Å². The number of nitrogens with zero attached hydrogens (tertiary/aromatic N) is 4. The van der Waals surface area contributed by atoms with E-state index in [1.165, 1.54) is 0 Å². The first-order valence-corrected chi connectivity index (χ1v) is 12.8. The summed E-state index contributed by atoms with van der Waals surface area (Å²) >= 11 is 14.2. The fourth-order valence-electron chi connectivity index (χ4n) is 4.63. The van der Waals surface area contributed by atoms with Crippen molar-refractivity contribution in [2.75, 3.05) is 28.8 Å². The minimum Gasteiger partial charge on any atom is -0.480 e. The average Bonchev–Trinajstić information content (AvgIpc) is 3.27. The lowest BCUT2D eigenvalue weighted by atomic mass is 10.1. The molecule has 1 aromatic heterocycles. The number of thiazole rings is 1. The van der Waals surface area contributed by atoms with Crippen LogP contribution in [0.15, 0.2) is 60.6 Å². The Kier molecular flexibility index (Phi) is 6.25. The van der Waals surface area contributed by atoms with Crippen molar-refractivity contribution in [2.24, 2.45) is 7.05 Å². The van der Waals surface area contributed by atoms with E-state index in [2.05, 4.69) is 38.7 Å². The number of benzene rings is 2. The van der Waals surface area contributed by atoms with Crippen LogP contribution >= 0.6 is 34.5 Å². The van der Waals surface area contributed by atoms with Gasteiger partial charge in [0.2, 0.25) is 5.52 Å². The summed E-state index contributed by atoms with van der Waals surface area (Å²) in [7, 11) is 6.04. The molecule has 3 aromatic rings. The Hall–Kier alpha value is -3.00. The molecule has 5 rings (SSSR count). The molecule has 1 unspecified atom stereocenters. The van der Waals surface area contributed by atoms with Crippen molar-refractivity contribution in [1.82, 2.24) is 0 Å². The maximum atomic E-state index is 11.7. The van der Waals surface area contributed by atoms with Gasteiger partial charge in [-0.05, 0) is 43.2 Å². The SMILES string of the molecule is CN1C(=CC=Cc2sc3ccc(N4C=CCCC4C(=O)O)cc3[n+]2C)N(C)c2cc(Cl)c(Cl)cc21. The highest BCUT2D eigenvalue weighted by Crippen LogP contribution is 2.44. The third kappa shape index (κ3) is 4.18. The Morgan fingerprint density at radius 3 is 2.49 bits per heavy atom. The fourth-order valence-corrected chi connectivity index (χ4v) is 5.99. The number of aromatic nitrogens is 1. The maximum Gasteiger partial charge on any atom is 0.326 e. The first kappa shape index (κ1) is 23.7. The van der Waals surface area contributed by atoms with E-state index in [4.69, 9.17) is 23.2 Å². The quantitative estimate of drug-likeness (QED) is 0.419. The number of aliphatic carboxylic acids is 1. The predicted molar refractivity (Wildman–Crippen MR) is 146 cm³/mol. The zero-order valence-electron chi connectivity index (χ0n) is 19.6. The highest BCUT2D eigenvalue weighted by Gasteiger charge is 2.28. The molecule has 0 aliphatic carbocycles. The Balaban J connectivity index is 1.43. The Bertz CT molecular complexity index is 1390. The van der Waals surface area contributed by atoms with Gasteiger partial charge in [-0.1, -0.05) is 46.7 Å². The first-order chi connectivity index (χ1) is 16.8. The van der Waals surface area contributed by atoms with E-state index < -0.39 is 12.0 Å². The molecule has 1 N–H and O–H groups in total. The third-order valence-corrected chi connectivity index (χ3v) is 8.46. The van der Waals surface area contributed by atoms with Crippen molar-refractivity contribution in [3.63, 3.8) is 0 Å². The number of hydrogen-bond acceptors (Lipinski definition) is 5. The number of anilines is 3. The largest absolute Gasteiger partial charge is 0.480 e. The molecule has 0 saturated heterocycles. The monoisotopic (exact) mass is 527 g/mol. The molecular weight excluding hydrogens is 503 g/mol. The normalized spacial score (nSPS) is 17.7. The molecule has 6 nitrogen and oxygen atoms in total. The second kappa shape index (κ2) is 9.22. The van der Waals surface area contributed by atoms with Gasteiger partial charge in [0.05, 0.1) is 21.4 Å². The lowest BCUT2D eigenvalue weighted by Crippen LogP contribution is -2.39. The van der Waals surface area contributed by atoms with Crippen LogP contribution in [0.5, 0.6) is 0 Å². The van der Waals surface area contributed by atoms with Gasteiger partial charge in [-0.15, -0.1) is 0 Å². The van der Waals surface area contributed by atoms with Crippen molar-refractivity contribution in [2.45, 2.75) is 18.9 Å². The van der Waals surface area contributed by atoms with Crippen LogP contribution in [-0.2, 0) is 11.8 Å². The molecule has 1 atom stereocenters. The molecule has 0 radical (unpaired) electrons. The summed E-state index contributed by atoms with van der Waals surface area (Å²) in [5.41, 5.74) is 3.96. The summed E-state index contributed by atoms with van der Waals surface area (Å²) in [5, 5.41) is 11.8. The van der Waals surface area contributed by atoms with Gasteiger partial charge in [0, 0.05) is 38.1 Å². The Morgan fingerprint density at radius 1 is 1.14 bits per heavy atom. The molecule has 2 aromatic carbocycles. The van der Waals surface area contributed by atoms with Gasteiger partial charge in [-0.3, -0.25) is 0 Å². The Morgan fingerprint density at radius 2 is 1.83 bits per heavy atom. The molecule has 2 aliphatic heterocycles. The minimum absolute atomic E-state index is 0.536. The zero-order valence-corrected chi connectivity index (χ0v) is 21.9. The molecule has 2 aliphatic rings. The molecule has 0 bridgehead atoms. The van der Waals surface area contributed by atoms with Gasteiger partial charge in [-0.2, -0.15) is 4.57 Å². The summed E-state index contributed by atoms with van der Waals surface area (Å²) in [5.74, 6) is 0.214. The van der Waals surface area contributed by atoms with E-state index in [1.807, 2.05) is 62.6 Å². The van der Waals surface area contributed by atoms with E-state index in [1.54, 1.807) is 11.3 Å². The molecule has 0 spiro atoms. The van der Waals surface area contributed by atoms with Crippen LogP contribution < -0.4 is 19.3 Å². The Labute approximate surface area is 218 Å². The van der Waals surface area contributed by atoms with E-state index in [0.717, 1.165) is 44.5 Å². The summed E-state index contributed by atoms with van der Waals surface area (Å²) in [4.78, 5) is 17.8. The molecule has 0 fully saturated rings. The van der Waals surface area contributed by atoms with Crippen molar-refractivity contribution < 1.29 is 14.5 Å². The highest BCUT2D eigenvalue weighted by molar-refractivity contribution is 7.18.